The van der Waals surface area contributed by atoms with Crippen molar-refractivity contribution in [3.8, 4) is 0 Å². The molecular weight excluding hydrogens is 282 g/mol. The van der Waals surface area contributed by atoms with Gasteiger partial charge in [-0.3, -0.25) is 4.90 Å². The lowest BCUT2D eigenvalue weighted by molar-refractivity contribution is 0.126. The summed E-state index contributed by atoms with van der Waals surface area (Å²) in [6.07, 6.45) is 0. The lowest BCUT2D eigenvalue weighted by atomic mass is 10.1. The Morgan fingerprint density at radius 1 is 1.35 bits per heavy atom. The van der Waals surface area contributed by atoms with Crippen LogP contribution in [0.5, 0.6) is 0 Å². The molecule has 0 heterocycles. The zero-order valence-corrected chi connectivity index (χ0v) is 12.0. The molecule has 0 bridgehead atoms. The Labute approximate surface area is 112 Å². The smallest absolute Gasteiger partial charge is 0.0589 e. The van der Waals surface area contributed by atoms with E-state index in [2.05, 4.69) is 46.0 Å². The lowest BCUT2D eigenvalue weighted by Gasteiger charge is -2.22. The highest BCUT2D eigenvalue weighted by molar-refractivity contribution is 9.10. The number of nitrogens with zero attached hydrogens (tertiary/aromatic N) is 1. The van der Waals surface area contributed by atoms with Gasteiger partial charge in [-0.15, -0.1) is 0 Å². The van der Waals surface area contributed by atoms with Gasteiger partial charge in [0.2, 0.25) is 0 Å². The van der Waals surface area contributed by atoms with Crippen LogP contribution in [-0.2, 0) is 11.3 Å². The zero-order chi connectivity index (χ0) is 12.7. The lowest BCUT2D eigenvalue weighted by Crippen LogP contribution is -2.30. The van der Waals surface area contributed by atoms with E-state index in [4.69, 9.17) is 9.84 Å². The molecule has 4 heteroatoms. The molecule has 0 radical (unpaired) electrons. The highest BCUT2D eigenvalue weighted by Gasteiger charge is 2.07. The van der Waals surface area contributed by atoms with Gasteiger partial charge in [0.25, 0.3) is 0 Å². The molecule has 1 N–H and O–H groups in total. The van der Waals surface area contributed by atoms with Crippen molar-refractivity contribution >= 4 is 15.9 Å². The van der Waals surface area contributed by atoms with Crippen LogP contribution in [0.1, 0.15) is 11.1 Å². The van der Waals surface area contributed by atoms with Gasteiger partial charge in [-0.1, -0.05) is 22.0 Å². The summed E-state index contributed by atoms with van der Waals surface area (Å²) in [4.78, 5) is 2.19. The molecule has 0 fully saturated rings. The van der Waals surface area contributed by atoms with E-state index in [1.165, 1.54) is 11.1 Å². The van der Waals surface area contributed by atoms with Gasteiger partial charge in [0.15, 0.2) is 0 Å². The predicted octanol–water partition coefficient (Wildman–Crippen LogP) is 2.20. The van der Waals surface area contributed by atoms with Gasteiger partial charge in [-0.2, -0.15) is 0 Å². The van der Waals surface area contributed by atoms with Crippen LogP contribution >= 0.6 is 15.9 Å². The Morgan fingerprint density at radius 3 is 2.71 bits per heavy atom. The van der Waals surface area contributed by atoms with Crippen LogP contribution in [0.3, 0.4) is 0 Å². The monoisotopic (exact) mass is 301 g/mol. The summed E-state index contributed by atoms with van der Waals surface area (Å²) >= 11 is 3.46. The Morgan fingerprint density at radius 2 is 2.12 bits per heavy atom. The topological polar surface area (TPSA) is 32.7 Å². The number of aliphatic hydroxyl groups is 1. The van der Waals surface area contributed by atoms with E-state index in [9.17, 15) is 0 Å². The second kappa shape index (κ2) is 7.82. The first kappa shape index (κ1) is 14.6. The fourth-order valence-electron chi connectivity index (χ4n) is 1.71. The van der Waals surface area contributed by atoms with Crippen molar-refractivity contribution in [1.82, 2.24) is 4.90 Å². The molecule has 0 amide bonds. The van der Waals surface area contributed by atoms with Gasteiger partial charge < -0.3 is 9.84 Å². The molecule has 0 atom stereocenters. The quantitative estimate of drug-likeness (QED) is 0.838. The molecule has 0 aliphatic carbocycles. The number of halogens is 1. The summed E-state index contributed by atoms with van der Waals surface area (Å²) in [6, 6.07) is 6.29. The van der Waals surface area contributed by atoms with Crippen molar-refractivity contribution in [2.24, 2.45) is 0 Å². The first-order chi connectivity index (χ1) is 8.17. The number of aliphatic hydroxyl groups excluding tert-OH is 1. The molecular formula is C13H20BrNO2. The average Bonchev–Trinajstić information content (AvgIpc) is 2.29. The van der Waals surface area contributed by atoms with Crippen molar-refractivity contribution in [3.63, 3.8) is 0 Å². The molecule has 0 aromatic heterocycles. The molecule has 0 unspecified atom stereocenters. The first-order valence-electron chi connectivity index (χ1n) is 5.74. The minimum absolute atomic E-state index is 0.180. The minimum atomic E-state index is 0.180. The van der Waals surface area contributed by atoms with Crippen LogP contribution in [0.25, 0.3) is 0 Å². The number of hydrogen-bond donors (Lipinski definition) is 1. The number of ether oxygens (including phenoxy) is 1. The summed E-state index contributed by atoms with van der Waals surface area (Å²) in [5, 5.41) is 9.04. The van der Waals surface area contributed by atoms with Crippen LogP contribution in [-0.4, -0.2) is 43.4 Å². The van der Waals surface area contributed by atoms with E-state index in [0.717, 1.165) is 17.6 Å². The molecule has 0 spiro atoms. The summed E-state index contributed by atoms with van der Waals surface area (Å²) in [7, 11) is 1.70. The Hall–Kier alpha value is -0.420. The average molecular weight is 302 g/mol. The Kier molecular flexibility index (Phi) is 6.73. The van der Waals surface area contributed by atoms with Gasteiger partial charge in [-0.05, 0) is 30.2 Å². The van der Waals surface area contributed by atoms with Crippen LogP contribution in [0.15, 0.2) is 22.7 Å². The number of hydrogen-bond acceptors (Lipinski definition) is 3. The summed E-state index contributed by atoms with van der Waals surface area (Å²) in [6.45, 7) is 5.34. The van der Waals surface area contributed by atoms with E-state index in [-0.39, 0.29) is 6.61 Å². The SMILES string of the molecule is COCCN(CCO)Cc1ccc(Br)cc1C. The molecule has 3 nitrogen and oxygen atoms in total. The maximum atomic E-state index is 9.04. The number of benzene rings is 1. The fourth-order valence-corrected chi connectivity index (χ4v) is 2.18. The maximum Gasteiger partial charge on any atom is 0.0589 e. The molecule has 0 aliphatic rings. The van der Waals surface area contributed by atoms with Crippen LogP contribution in [0.2, 0.25) is 0 Å². The highest BCUT2D eigenvalue weighted by atomic mass is 79.9. The van der Waals surface area contributed by atoms with E-state index in [1.807, 2.05) is 0 Å². The molecule has 1 aromatic rings. The summed E-state index contributed by atoms with van der Waals surface area (Å²) < 4.78 is 6.18. The second-order valence-corrected chi connectivity index (χ2v) is 4.98. The largest absolute Gasteiger partial charge is 0.395 e. The van der Waals surface area contributed by atoms with Crippen molar-refractivity contribution in [3.05, 3.63) is 33.8 Å². The van der Waals surface area contributed by atoms with Gasteiger partial charge in [0.1, 0.15) is 0 Å². The van der Waals surface area contributed by atoms with Gasteiger partial charge in [0.05, 0.1) is 13.2 Å². The van der Waals surface area contributed by atoms with Crippen LogP contribution in [0, 0.1) is 6.92 Å². The van der Waals surface area contributed by atoms with E-state index in [1.54, 1.807) is 7.11 Å². The number of rotatable bonds is 7. The maximum absolute atomic E-state index is 9.04. The third-order valence-corrected chi connectivity index (χ3v) is 3.22. The molecule has 17 heavy (non-hydrogen) atoms. The third-order valence-electron chi connectivity index (χ3n) is 2.73. The van der Waals surface area contributed by atoms with E-state index < -0.39 is 0 Å². The van der Waals surface area contributed by atoms with Crippen molar-refractivity contribution < 1.29 is 9.84 Å². The normalized spacial score (nSPS) is 11.1. The van der Waals surface area contributed by atoms with E-state index >= 15 is 0 Å². The van der Waals surface area contributed by atoms with Gasteiger partial charge in [0, 0.05) is 31.2 Å². The van der Waals surface area contributed by atoms with Gasteiger partial charge in [-0.25, -0.2) is 0 Å². The Bertz CT molecular complexity index is 344. The minimum Gasteiger partial charge on any atom is -0.395 e. The van der Waals surface area contributed by atoms with Crippen molar-refractivity contribution in [1.29, 1.82) is 0 Å². The van der Waals surface area contributed by atoms with E-state index in [0.29, 0.717) is 13.2 Å². The Balaban J connectivity index is 2.64. The first-order valence-corrected chi connectivity index (χ1v) is 6.54. The standard InChI is InChI=1S/C13H20BrNO2/c1-11-9-13(14)4-3-12(11)10-15(5-7-16)6-8-17-2/h3-4,9,16H,5-8,10H2,1-2H3. The molecule has 0 saturated carbocycles. The summed E-state index contributed by atoms with van der Waals surface area (Å²) in [5.74, 6) is 0. The molecule has 1 rings (SSSR count). The predicted molar refractivity (Wildman–Crippen MR) is 73.1 cm³/mol. The fraction of sp³-hybridized carbons (Fsp3) is 0.538. The third kappa shape index (κ3) is 5.17. The zero-order valence-electron chi connectivity index (χ0n) is 10.4. The number of methoxy groups -OCH3 is 1. The molecule has 0 aliphatic heterocycles. The highest BCUT2D eigenvalue weighted by Crippen LogP contribution is 2.17. The van der Waals surface area contributed by atoms with Crippen LogP contribution < -0.4 is 0 Å². The molecule has 0 saturated heterocycles. The van der Waals surface area contributed by atoms with Crippen LogP contribution in [0.4, 0.5) is 0 Å². The van der Waals surface area contributed by atoms with Crippen molar-refractivity contribution in [2.75, 3.05) is 33.4 Å². The second-order valence-electron chi connectivity index (χ2n) is 4.06. The summed E-state index contributed by atoms with van der Waals surface area (Å²) in [5.41, 5.74) is 2.55. The molecule has 96 valence electrons. The molecule has 1 aromatic carbocycles. The number of aryl methyl sites for hydroxylation is 1. The van der Waals surface area contributed by atoms with Crippen molar-refractivity contribution in [2.45, 2.75) is 13.5 Å². The van der Waals surface area contributed by atoms with Gasteiger partial charge >= 0.3 is 0 Å².